The highest BCUT2D eigenvalue weighted by atomic mass is 16.6. The highest BCUT2D eigenvalue weighted by Gasteiger charge is 2.27. The maximum atomic E-state index is 12.5. The van der Waals surface area contributed by atoms with Crippen LogP contribution in [0.1, 0.15) is 46.1 Å². The number of carbonyl (C=O) groups is 1. The van der Waals surface area contributed by atoms with E-state index in [2.05, 4.69) is 21.9 Å². The number of aromatic nitrogens is 2. The monoisotopic (exact) mass is 547 g/mol. The third-order valence-electron chi connectivity index (χ3n) is 5.96. The fourth-order valence-corrected chi connectivity index (χ4v) is 4.09. The minimum Gasteiger partial charge on any atom is -0.493 e. The summed E-state index contributed by atoms with van der Waals surface area (Å²) in [7, 11) is 0. The zero-order valence-electron chi connectivity index (χ0n) is 24.4. The lowest BCUT2D eigenvalue weighted by molar-refractivity contribution is 0.0223. The largest absolute Gasteiger partial charge is 0.493 e. The number of nitrogens with one attached hydrogen (secondary N) is 1. The normalized spacial score (nSPS) is 13.1. The molecule has 0 saturated carbocycles. The van der Waals surface area contributed by atoms with Crippen LogP contribution in [-0.4, -0.2) is 52.9 Å². The van der Waals surface area contributed by atoms with E-state index in [9.17, 15) is 4.79 Å². The molecule has 1 aliphatic heterocycles. The molecular weight excluding hydrogens is 508 g/mol. The smallest absolute Gasteiger partial charge is 0.410 e. The number of rotatable bonds is 12. The van der Waals surface area contributed by atoms with Crippen LogP contribution in [0.3, 0.4) is 0 Å². The molecule has 1 aromatic heterocycles. The van der Waals surface area contributed by atoms with Crippen molar-refractivity contribution < 1.29 is 25.1 Å². The Labute approximate surface area is 237 Å². The molecule has 9 heteroatoms. The Hall–Kier alpha value is -4.27. The summed E-state index contributed by atoms with van der Waals surface area (Å²) in [4.78, 5) is 22.7. The van der Waals surface area contributed by atoms with E-state index in [-0.39, 0.29) is 6.09 Å². The summed E-state index contributed by atoms with van der Waals surface area (Å²) in [6.45, 7) is 11.8. The van der Waals surface area contributed by atoms with Gasteiger partial charge in [-0.2, -0.15) is 0 Å². The average molecular weight is 548 g/mol. The van der Waals surface area contributed by atoms with Crippen molar-refractivity contribution in [2.75, 3.05) is 31.7 Å². The molecule has 0 unspecified atom stereocenters. The number of fused-ring (bicyclic) bond motifs is 1. The van der Waals surface area contributed by atoms with Gasteiger partial charge in [-0.05, 0) is 75.9 Å². The molecule has 40 heavy (non-hydrogen) atoms. The molecule has 1 aliphatic rings. The molecule has 0 radical (unpaired) electrons. The van der Waals surface area contributed by atoms with Crippen LogP contribution in [0.25, 0.3) is 0 Å². The number of carbonyl (C=O) groups excluding carboxylic acids is 1. The van der Waals surface area contributed by atoms with Crippen LogP contribution in [0, 0.1) is 0 Å². The van der Waals surface area contributed by atoms with E-state index in [0.29, 0.717) is 62.1 Å². The molecule has 0 spiro atoms. The fraction of sp³-hybridized carbons (Fsp3) is 0.387. The van der Waals surface area contributed by atoms with Crippen molar-refractivity contribution in [3.63, 3.8) is 0 Å². The molecule has 0 saturated heterocycles. The first-order valence-electron chi connectivity index (χ1n) is 14.0. The number of hydrogen-bond acceptors (Lipinski definition) is 8. The van der Waals surface area contributed by atoms with Gasteiger partial charge in [0.1, 0.15) is 23.7 Å². The van der Waals surface area contributed by atoms with E-state index in [1.54, 1.807) is 41.6 Å². The molecule has 212 valence electrons. The van der Waals surface area contributed by atoms with Crippen molar-refractivity contribution in [3.8, 4) is 17.5 Å². The number of unbranched alkanes of at least 4 members (excludes halogenated alkanes) is 1. The van der Waals surface area contributed by atoms with Crippen LogP contribution >= 0.6 is 0 Å². The molecule has 2 heterocycles. The van der Waals surface area contributed by atoms with E-state index < -0.39 is 5.60 Å². The number of benzene rings is 2. The van der Waals surface area contributed by atoms with Crippen molar-refractivity contribution in [1.82, 2.24) is 14.9 Å². The highest BCUT2D eigenvalue weighted by molar-refractivity contribution is 5.69. The summed E-state index contributed by atoms with van der Waals surface area (Å²) >= 11 is 0. The van der Waals surface area contributed by atoms with Crippen molar-refractivity contribution >= 4 is 17.5 Å². The van der Waals surface area contributed by atoms with Crippen molar-refractivity contribution in [2.24, 2.45) is 0 Å². The second kappa shape index (κ2) is 13.7. The van der Waals surface area contributed by atoms with Gasteiger partial charge in [0.15, 0.2) is 0 Å². The van der Waals surface area contributed by atoms with Gasteiger partial charge in [0, 0.05) is 24.3 Å². The Morgan fingerprint density at radius 3 is 2.58 bits per heavy atom. The second-order valence-electron chi connectivity index (χ2n) is 10.4. The predicted octanol–water partition coefficient (Wildman–Crippen LogP) is 6.32. The quantitative estimate of drug-likeness (QED) is 0.208. The Morgan fingerprint density at radius 1 is 1.07 bits per heavy atom. The zero-order valence-corrected chi connectivity index (χ0v) is 23.4. The molecule has 3 aromatic rings. The van der Waals surface area contributed by atoms with Gasteiger partial charge >= 0.3 is 12.1 Å². The molecule has 0 aliphatic carbocycles. The molecule has 1 N–H and O–H groups in total. The third kappa shape index (κ3) is 8.62. The maximum Gasteiger partial charge on any atom is 0.410 e. The summed E-state index contributed by atoms with van der Waals surface area (Å²) in [5, 5.41) is 3.13. The van der Waals surface area contributed by atoms with Crippen molar-refractivity contribution in [3.05, 3.63) is 78.6 Å². The van der Waals surface area contributed by atoms with E-state index in [1.165, 1.54) is 0 Å². The lowest BCUT2D eigenvalue weighted by Crippen LogP contribution is -2.40. The van der Waals surface area contributed by atoms with E-state index in [4.69, 9.17) is 20.3 Å². The Bertz CT molecular complexity index is 1330. The number of nitrogens with zero attached hydrogens (tertiary/aromatic N) is 3. The number of hydrogen-bond donors (Lipinski definition) is 1. The first-order chi connectivity index (χ1) is 19.7. The fourth-order valence-electron chi connectivity index (χ4n) is 4.09. The van der Waals surface area contributed by atoms with Gasteiger partial charge in [-0.1, -0.05) is 24.8 Å². The lowest BCUT2D eigenvalue weighted by atomic mass is 9.99. The first kappa shape index (κ1) is 27.3. The molecule has 4 rings (SSSR count). The van der Waals surface area contributed by atoms with Gasteiger partial charge in [0.25, 0.3) is 0 Å². The molecule has 0 atom stereocenters. The maximum absolute atomic E-state index is 12.5. The molecule has 0 fully saturated rings. The third-order valence-corrected chi connectivity index (χ3v) is 5.96. The molecule has 2 aromatic carbocycles. The summed E-state index contributed by atoms with van der Waals surface area (Å²) in [6, 6.07) is 11.8. The summed E-state index contributed by atoms with van der Waals surface area (Å²) in [6.07, 6.45) is 6.94. The number of anilines is 2. The van der Waals surface area contributed by atoms with Gasteiger partial charge in [-0.25, -0.2) is 14.8 Å². The van der Waals surface area contributed by atoms with Crippen LogP contribution in [0.2, 0.25) is 0 Å². The summed E-state index contributed by atoms with van der Waals surface area (Å²) < 4.78 is 30.9. The topological polar surface area (TPSA) is 95.0 Å². The molecule has 0 bridgehead atoms. The van der Waals surface area contributed by atoms with Crippen molar-refractivity contribution in [2.45, 2.75) is 52.2 Å². The van der Waals surface area contributed by atoms with Crippen LogP contribution in [-0.2, 0) is 17.7 Å². The first-order valence-corrected chi connectivity index (χ1v) is 13.5. The molecule has 9 nitrogen and oxygen atoms in total. The Morgan fingerprint density at radius 2 is 1.85 bits per heavy atom. The minimum atomic E-state index is -0.513. The number of amides is 1. The van der Waals surface area contributed by atoms with E-state index >= 15 is 0 Å². The number of ether oxygens (including phenoxy) is 4. The molecule has 1 amide bonds. The van der Waals surface area contributed by atoms with Gasteiger partial charge < -0.3 is 29.2 Å². The van der Waals surface area contributed by atoms with Crippen molar-refractivity contribution in [1.29, 1.82) is 0 Å². The van der Waals surface area contributed by atoms with Gasteiger partial charge in [0.05, 0.1) is 32.7 Å². The van der Waals surface area contributed by atoms with E-state index in [0.717, 1.165) is 36.1 Å². The predicted molar refractivity (Wildman–Crippen MR) is 154 cm³/mol. The van der Waals surface area contributed by atoms with Crippen LogP contribution in [0.4, 0.5) is 16.2 Å². The Balaban J connectivity index is 1.17. The zero-order chi connectivity index (χ0) is 29.2. The summed E-state index contributed by atoms with van der Waals surface area (Å²) in [5.41, 5.74) is 3.00. The highest BCUT2D eigenvalue weighted by Crippen LogP contribution is 2.29. The van der Waals surface area contributed by atoms with E-state index in [1.807, 2.05) is 39.0 Å². The van der Waals surface area contributed by atoms with Crippen LogP contribution in [0.15, 0.2) is 67.5 Å². The average Bonchev–Trinajstić information content (AvgIpc) is 2.94. The second-order valence-corrected chi connectivity index (χ2v) is 10.4. The van der Waals surface area contributed by atoms with Gasteiger partial charge in [-0.15, -0.1) is 0 Å². The van der Waals surface area contributed by atoms with Crippen LogP contribution in [0.5, 0.6) is 17.5 Å². The minimum absolute atomic E-state index is 0.285. The Kier molecular flexibility index (Phi) is 9.34. The summed E-state index contributed by atoms with van der Waals surface area (Å²) in [5.74, 6) is 1.48. The lowest BCUT2D eigenvalue weighted by Gasteiger charge is -2.31. The standard InChI is InChI=1S/C31H38N4O5/c1-5-17-37-26-13-11-24(12-14-26)34-25-20-32-29(33-21-25)39-19-7-6-18-38-28-10-8-9-23-22-35(16-15-27(23)28)30(36)40-31(2,3)4/h5,8-14,20-21,34H,1,6-7,15-19,22H2,2-4H3/i11D. The SMILES string of the molecule is [2H]c1cc(OCC=C)ccc1Nc1cnc(OCCCCOc2cccc3c2CCN(C(=O)OC(C)(C)C)C3)nc1. The van der Waals surface area contributed by atoms with Crippen LogP contribution < -0.4 is 19.5 Å². The molecular formula is C31H38N4O5. The van der Waals surface area contributed by atoms with Gasteiger partial charge in [-0.3, -0.25) is 0 Å². The van der Waals surface area contributed by atoms with Gasteiger partial charge in [0.2, 0.25) is 0 Å².